The van der Waals surface area contributed by atoms with Crippen LogP contribution >= 0.6 is 11.8 Å². The average Bonchev–Trinajstić information content (AvgIpc) is 2.79. The molecule has 3 rings (SSSR count). The molecule has 8 heteroatoms. The Bertz CT molecular complexity index is 1130. The molecular formula is C22H23N3O4S. The zero-order chi connectivity index (χ0) is 21.7. The van der Waals surface area contributed by atoms with Gasteiger partial charge in [0.15, 0.2) is 22.4 Å². The topological polar surface area (TPSA) is 83.3 Å². The normalized spacial score (nSPS) is 10.7. The number of nitrogens with zero attached hydrogens (tertiary/aromatic N) is 3. The number of rotatable bonds is 8. The maximum Gasteiger partial charge on any atom is 0.250 e. The molecule has 0 amide bonds. The molecule has 0 N–H and O–H groups in total. The fraction of sp³-hybridized carbons (Fsp3) is 0.273. The number of hydrogen-bond acceptors (Lipinski definition) is 7. The molecule has 0 aliphatic rings. The van der Waals surface area contributed by atoms with Gasteiger partial charge < -0.3 is 14.0 Å². The summed E-state index contributed by atoms with van der Waals surface area (Å²) in [7, 11) is 3.15. The molecule has 2 heterocycles. The minimum atomic E-state index is -0.141. The molecule has 1 aromatic carbocycles. The lowest BCUT2D eigenvalue weighted by atomic mass is 10.1. The number of Topliss-reactive ketones (excluding diaryl/α,β-unsaturated/α-hetero) is 1. The molecule has 0 aliphatic heterocycles. The highest BCUT2D eigenvalue weighted by molar-refractivity contribution is 7.98. The Morgan fingerprint density at radius 2 is 1.83 bits per heavy atom. The van der Waals surface area contributed by atoms with Crippen molar-refractivity contribution in [3.8, 4) is 22.8 Å². The molecule has 2 aromatic heterocycles. The van der Waals surface area contributed by atoms with E-state index in [0.717, 1.165) is 11.1 Å². The molecule has 0 unspecified atom stereocenters. The molecule has 7 nitrogen and oxygen atoms in total. The van der Waals surface area contributed by atoms with E-state index in [-0.39, 0.29) is 11.3 Å². The van der Waals surface area contributed by atoms with Crippen molar-refractivity contribution in [1.29, 1.82) is 0 Å². The predicted octanol–water partition coefficient (Wildman–Crippen LogP) is 3.69. The lowest BCUT2D eigenvalue weighted by Gasteiger charge is -2.12. The van der Waals surface area contributed by atoms with Crippen molar-refractivity contribution in [2.24, 2.45) is 0 Å². The molecule has 0 spiro atoms. The number of ketones is 1. The van der Waals surface area contributed by atoms with Crippen LogP contribution in [0.3, 0.4) is 0 Å². The zero-order valence-electron chi connectivity index (χ0n) is 17.3. The Morgan fingerprint density at radius 1 is 1.07 bits per heavy atom. The van der Waals surface area contributed by atoms with E-state index in [1.165, 1.54) is 17.8 Å². The van der Waals surface area contributed by atoms with Gasteiger partial charge in [0.2, 0.25) is 0 Å². The number of carbonyl (C=O) groups excluding carboxylic acids is 1. The van der Waals surface area contributed by atoms with E-state index < -0.39 is 0 Å². The van der Waals surface area contributed by atoms with Crippen molar-refractivity contribution in [3.05, 3.63) is 64.2 Å². The van der Waals surface area contributed by atoms with Crippen LogP contribution < -0.4 is 15.0 Å². The third kappa shape index (κ3) is 4.71. The molecular weight excluding hydrogens is 402 g/mol. The number of ether oxygens (including phenoxy) is 2. The summed E-state index contributed by atoms with van der Waals surface area (Å²) in [5.74, 6) is 1.18. The number of aromatic nitrogens is 3. The van der Waals surface area contributed by atoms with Gasteiger partial charge in [-0.3, -0.25) is 9.59 Å². The molecule has 0 saturated carbocycles. The second-order valence-electron chi connectivity index (χ2n) is 6.48. The van der Waals surface area contributed by atoms with Crippen molar-refractivity contribution in [2.45, 2.75) is 25.0 Å². The van der Waals surface area contributed by atoms with Gasteiger partial charge in [-0.2, -0.15) is 0 Å². The monoisotopic (exact) mass is 425 g/mol. The summed E-state index contributed by atoms with van der Waals surface area (Å²) < 4.78 is 12.2. The standard InChI is InChI=1S/C22H23N3O4S/c1-5-18(26)17-11-16(23-22(24-17)30-4)15-7-9-21(27)25(13-15)12-14-6-8-19(28-2)20(10-14)29-3/h6-11,13H,5,12H2,1-4H3. The first kappa shape index (κ1) is 21.6. The Morgan fingerprint density at radius 3 is 2.50 bits per heavy atom. The minimum absolute atomic E-state index is 0.0485. The average molecular weight is 426 g/mol. The second kappa shape index (κ2) is 9.58. The highest BCUT2D eigenvalue weighted by atomic mass is 32.2. The first-order valence-electron chi connectivity index (χ1n) is 9.37. The van der Waals surface area contributed by atoms with E-state index >= 15 is 0 Å². The molecule has 0 fully saturated rings. The number of methoxy groups -OCH3 is 2. The van der Waals surface area contributed by atoms with Gasteiger partial charge >= 0.3 is 0 Å². The van der Waals surface area contributed by atoms with Gasteiger partial charge in [-0.1, -0.05) is 24.8 Å². The van der Waals surface area contributed by atoms with Crippen molar-refractivity contribution < 1.29 is 14.3 Å². The lowest BCUT2D eigenvalue weighted by molar-refractivity contribution is 0.0982. The number of benzene rings is 1. The highest BCUT2D eigenvalue weighted by Gasteiger charge is 2.13. The third-order valence-electron chi connectivity index (χ3n) is 4.58. The van der Waals surface area contributed by atoms with Gasteiger partial charge in [-0.05, 0) is 36.1 Å². The summed E-state index contributed by atoms with van der Waals surface area (Å²) in [5, 5.41) is 0.516. The van der Waals surface area contributed by atoms with Crippen LogP contribution in [-0.2, 0) is 6.54 Å². The summed E-state index contributed by atoms with van der Waals surface area (Å²) in [6, 6.07) is 10.4. The van der Waals surface area contributed by atoms with E-state index in [1.54, 1.807) is 50.1 Å². The van der Waals surface area contributed by atoms with Gasteiger partial charge in [0.25, 0.3) is 5.56 Å². The Labute approximate surface area is 179 Å². The van der Waals surface area contributed by atoms with Gasteiger partial charge in [0.1, 0.15) is 5.69 Å². The second-order valence-corrected chi connectivity index (χ2v) is 7.25. The molecule has 30 heavy (non-hydrogen) atoms. The van der Waals surface area contributed by atoms with Crippen LogP contribution in [0, 0.1) is 0 Å². The highest BCUT2D eigenvalue weighted by Crippen LogP contribution is 2.28. The molecule has 0 radical (unpaired) electrons. The van der Waals surface area contributed by atoms with Crippen molar-refractivity contribution in [3.63, 3.8) is 0 Å². The number of thioether (sulfide) groups is 1. The lowest BCUT2D eigenvalue weighted by Crippen LogP contribution is -2.19. The molecule has 0 saturated heterocycles. The van der Waals surface area contributed by atoms with E-state index in [4.69, 9.17) is 9.47 Å². The van der Waals surface area contributed by atoms with E-state index in [1.807, 2.05) is 18.4 Å². The minimum Gasteiger partial charge on any atom is -0.493 e. The number of carbonyl (C=O) groups is 1. The first-order valence-corrected chi connectivity index (χ1v) is 10.6. The third-order valence-corrected chi connectivity index (χ3v) is 5.12. The van der Waals surface area contributed by atoms with E-state index in [0.29, 0.717) is 41.0 Å². The summed E-state index contributed by atoms with van der Waals surface area (Å²) in [5.41, 5.74) is 2.47. The van der Waals surface area contributed by atoms with Gasteiger partial charge in [0, 0.05) is 24.2 Å². The molecule has 0 bridgehead atoms. The fourth-order valence-electron chi connectivity index (χ4n) is 2.97. The van der Waals surface area contributed by atoms with Gasteiger partial charge in [0.05, 0.1) is 26.5 Å². The molecule has 0 atom stereocenters. The Balaban J connectivity index is 2.00. The smallest absolute Gasteiger partial charge is 0.250 e. The number of pyridine rings is 1. The summed E-state index contributed by atoms with van der Waals surface area (Å²) in [4.78, 5) is 33.4. The van der Waals surface area contributed by atoms with Crippen LogP contribution in [0.4, 0.5) is 0 Å². The summed E-state index contributed by atoms with van der Waals surface area (Å²) >= 11 is 1.37. The Kier molecular flexibility index (Phi) is 6.89. The van der Waals surface area contributed by atoms with Gasteiger partial charge in [-0.25, -0.2) is 9.97 Å². The molecule has 3 aromatic rings. The van der Waals surface area contributed by atoms with Crippen LogP contribution in [0.1, 0.15) is 29.4 Å². The van der Waals surface area contributed by atoms with Crippen LogP contribution in [-0.4, -0.2) is 40.8 Å². The SMILES string of the molecule is CCC(=O)c1cc(-c2ccc(=O)n(Cc3ccc(OC)c(OC)c3)c2)nc(SC)n1. The largest absolute Gasteiger partial charge is 0.493 e. The maximum atomic E-state index is 12.4. The van der Waals surface area contributed by atoms with E-state index in [2.05, 4.69) is 9.97 Å². The summed E-state index contributed by atoms with van der Waals surface area (Å²) in [6.07, 6.45) is 3.96. The van der Waals surface area contributed by atoms with Crippen LogP contribution in [0.15, 0.2) is 52.5 Å². The zero-order valence-corrected chi connectivity index (χ0v) is 18.2. The Hall–Kier alpha value is -3.13. The quantitative estimate of drug-likeness (QED) is 0.309. The van der Waals surface area contributed by atoms with Crippen molar-refractivity contribution in [2.75, 3.05) is 20.5 Å². The molecule has 0 aliphatic carbocycles. The fourth-order valence-corrected chi connectivity index (χ4v) is 3.35. The maximum absolute atomic E-state index is 12.4. The van der Waals surface area contributed by atoms with Crippen LogP contribution in [0.25, 0.3) is 11.3 Å². The van der Waals surface area contributed by atoms with Crippen molar-refractivity contribution >= 4 is 17.5 Å². The first-order chi connectivity index (χ1) is 14.5. The van der Waals surface area contributed by atoms with Crippen LogP contribution in [0.5, 0.6) is 11.5 Å². The van der Waals surface area contributed by atoms with Gasteiger partial charge in [-0.15, -0.1) is 0 Å². The van der Waals surface area contributed by atoms with Crippen molar-refractivity contribution in [1.82, 2.24) is 14.5 Å². The van der Waals surface area contributed by atoms with Crippen LogP contribution in [0.2, 0.25) is 0 Å². The number of hydrogen-bond donors (Lipinski definition) is 0. The summed E-state index contributed by atoms with van der Waals surface area (Å²) in [6.45, 7) is 2.15. The molecule has 156 valence electrons. The van der Waals surface area contributed by atoms with E-state index in [9.17, 15) is 9.59 Å². The predicted molar refractivity (Wildman–Crippen MR) is 117 cm³/mol.